The van der Waals surface area contributed by atoms with Gasteiger partial charge in [-0.25, -0.2) is 0 Å². The Hall–Kier alpha value is -0.0800. The highest BCUT2D eigenvalue weighted by Gasteiger charge is 2.45. The molecule has 0 spiro atoms. The zero-order valence-corrected chi connectivity index (χ0v) is 9.92. The number of hydrogen-bond donors (Lipinski definition) is 0. The number of rotatable bonds is 1. The predicted molar refractivity (Wildman–Crippen MR) is 58.4 cm³/mol. The van der Waals surface area contributed by atoms with Crippen molar-refractivity contribution in [1.29, 1.82) is 0 Å². The predicted octanol–water partition coefficient (Wildman–Crippen LogP) is 2.43. The molecule has 0 N–H and O–H groups in total. The van der Waals surface area contributed by atoms with E-state index < -0.39 is 0 Å². The Kier molecular flexibility index (Phi) is 2.61. The minimum absolute atomic E-state index is 0.338. The Morgan fingerprint density at radius 3 is 1.93 bits per heavy atom. The number of hydrogen-bond acceptors (Lipinski definition) is 2. The lowest BCUT2D eigenvalue weighted by molar-refractivity contribution is -0.0314. The van der Waals surface area contributed by atoms with Crippen molar-refractivity contribution in [3.05, 3.63) is 0 Å². The third kappa shape index (κ3) is 1.70. The maximum atomic E-state index is 5.51. The van der Waals surface area contributed by atoms with Crippen LogP contribution in [-0.4, -0.2) is 35.7 Å². The van der Waals surface area contributed by atoms with E-state index >= 15 is 0 Å². The second kappa shape index (κ2) is 3.49. The molecule has 0 radical (unpaired) electrons. The summed E-state index contributed by atoms with van der Waals surface area (Å²) in [5, 5.41) is 0. The molecule has 2 unspecified atom stereocenters. The lowest BCUT2D eigenvalue weighted by atomic mass is 9.93. The maximum absolute atomic E-state index is 5.51. The molecular formula is C12H23NO. The van der Waals surface area contributed by atoms with Gasteiger partial charge >= 0.3 is 0 Å². The van der Waals surface area contributed by atoms with Crippen LogP contribution in [-0.2, 0) is 4.74 Å². The van der Waals surface area contributed by atoms with Gasteiger partial charge in [0.15, 0.2) is 0 Å². The Morgan fingerprint density at radius 2 is 1.57 bits per heavy atom. The first kappa shape index (κ1) is 10.4. The van der Waals surface area contributed by atoms with E-state index in [2.05, 4.69) is 25.7 Å². The zero-order chi connectivity index (χ0) is 10.3. The van der Waals surface area contributed by atoms with Crippen LogP contribution in [0, 0.1) is 0 Å². The van der Waals surface area contributed by atoms with Crippen molar-refractivity contribution in [1.82, 2.24) is 4.90 Å². The van der Waals surface area contributed by atoms with E-state index in [1.165, 1.54) is 25.7 Å². The zero-order valence-electron chi connectivity index (χ0n) is 9.92. The Labute approximate surface area is 87.6 Å². The van der Waals surface area contributed by atoms with Crippen molar-refractivity contribution < 1.29 is 4.74 Å². The Balaban J connectivity index is 2.10. The fourth-order valence-corrected chi connectivity index (χ4v) is 3.41. The number of methoxy groups -OCH3 is 1. The molecule has 2 atom stereocenters. The van der Waals surface area contributed by atoms with Gasteiger partial charge in [-0.15, -0.1) is 0 Å². The molecular weight excluding hydrogens is 174 g/mol. The smallest absolute Gasteiger partial charge is 0.0601 e. The lowest BCUT2D eigenvalue weighted by Gasteiger charge is -2.46. The van der Waals surface area contributed by atoms with E-state index in [1.807, 2.05) is 7.11 Å². The first-order valence-corrected chi connectivity index (χ1v) is 5.83. The lowest BCUT2D eigenvalue weighted by Crippen LogP contribution is -2.54. The van der Waals surface area contributed by atoms with Gasteiger partial charge in [-0.3, -0.25) is 4.90 Å². The van der Waals surface area contributed by atoms with Crippen LogP contribution in [0.5, 0.6) is 0 Å². The summed E-state index contributed by atoms with van der Waals surface area (Å²) in [5.41, 5.74) is 0.338. The molecule has 0 amide bonds. The molecule has 0 aliphatic carbocycles. The molecule has 0 aromatic rings. The fourth-order valence-electron chi connectivity index (χ4n) is 3.41. The topological polar surface area (TPSA) is 12.5 Å². The van der Waals surface area contributed by atoms with Gasteiger partial charge in [-0.1, -0.05) is 0 Å². The number of fused-ring (bicyclic) bond motifs is 2. The Bertz CT molecular complexity index is 195. The van der Waals surface area contributed by atoms with Crippen LogP contribution in [0.2, 0.25) is 0 Å². The number of nitrogens with zero attached hydrogens (tertiary/aromatic N) is 1. The molecule has 2 heteroatoms. The van der Waals surface area contributed by atoms with E-state index in [-0.39, 0.29) is 0 Å². The highest BCUT2D eigenvalue weighted by molar-refractivity contribution is 5.00. The van der Waals surface area contributed by atoms with Crippen LogP contribution in [0.3, 0.4) is 0 Å². The Morgan fingerprint density at radius 1 is 1.07 bits per heavy atom. The highest BCUT2D eigenvalue weighted by atomic mass is 16.5. The largest absolute Gasteiger partial charge is 0.381 e. The van der Waals surface area contributed by atoms with Gasteiger partial charge < -0.3 is 4.74 Å². The van der Waals surface area contributed by atoms with Crippen LogP contribution in [0.4, 0.5) is 0 Å². The normalized spacial score (nSPS) is 39.0. The van der Waals surface area contributed by atoms with Crippen LogP contribution in [0.1, 0.15) is 46.5 Å². The van der Waals surface area contributed by atoms with Gasteiger partial charge in [0, 0.05) is 24.7 Å². The molecule has 82 valence electrons. The third-order valence-electron chi connectivity index (χ3n) is 3.80. The minimum atomic E-state index is 0.338. The standard InChI is InChI=1S/C12H23NO/c1-12(2,3)13-9-5-6-10(13)8-11(7-9)14-4/h9-11H,5-8H2,1-4H3. The van der Waals surface area contributed by atoms with Gasteiger partial charge in [0.1, 0.15) is 0 Å². The first-order chi connectivity index (χ1) is 6.52. The van der Waals surface area contributed by atoms with Gasteiger partial charge in [-0.05, 0) is 46.5 Å². The average Bonchev–Trinajstić information content (AvgIpc) is 2.38. The SMILES string of the molecule is COC1CC2CCC(C1)N2C(C)(C)C. The molecule has 2 rings (SSSR count). The van der Waals surface area contributed by atoms with Gasteiger partial charge in [0.05, 0.1) is 6.10 Å². The molecule has 0 aromatic heterocycles. The highest BCUT2D eigenvalue weighted by Crippen LogP contribution is 2.40. The van der Waals surface area contributed by atoms with Crippen LogP contribution in [0.15, 0.2) is 0 Å². The monoisotopic (exact) mass is 197 g/mol. The van der Waals surface area contributed by atoms with E-state index in [0.29, 0.717) is 11.6 Å². The fraction of sp³-hybridized carbons (Fsp3) is 1.00. The summed E-state index contributed by atoms with van der Waals surface area (Å²) in [7, 11) is 1.86. The summed E-state index contributed by atoms with van der Waals surface area (Å²) in [6, 6.07) is 1.55. The van der Waals surface area contributed by atoms with E-state index in [9.17, 15) is 0 Å². The molecule has 2 aliphatic rings. The molecule has 14 heavy (non-hydrogen) atoms. The quantitative estimate of drug-likeness (QED) is 0.640. The third-order valence-corrected chi connectivity index (χ3v) is 3.80. The van der Waals surface area contributed by atoms with Gasteiger partial charge in [0.2, 0.25) is 0 Å². The van der Waals surface area contributed by atoms with Crippen molar-refractivity contribution in [2.45, 2.75) is 70.2 Å². The van der Waals surface area contributed by atoms with Crippen molar-refractivity contribution in [2.24, 2.45) is 0 Å². The summed E-state index contributed by atoms with van der Waals surface area (Å²) in [6.45, 7) is 7.02. The van der Waals surface area contributed by atoms with Crippen LogP contribution in [0.25, 0.3) is 0 Å². The molecule has 2 nitrogen and oxygen atoms in total. The summed E-state index contributed by atoms with van der Waals surface area (Å²) >= 11 is 0. The van der Waals surface area contributed by atoms with Gasteiger partial charge in [-0.2, -0.15) is 0 Å². The van der Waals surface area contributed by atoms with Gasteiger partial charge in [0.25, 0.3) is 0 Å². The van der Waals surface area contributed by atoms with Crippen LogP contribution < -0.4 is 0 Å². The van der Waals surface area contributed by atoms with Crippen LogP contribution >= 0.6 is 0 Å². The average molecular weight is 197 g/mol. The van der Waals surface area contributed by atoms with E-state index in [4.69, 9.17) is 4.74 Å². The second-order valence-electron chi connectivity index (χ2n) is 5.79. The number of ether oxygens (including phenoxy) is 1. The van der Waals surface area contributed by atoms with E-state index in [0.717, 1.165) is 12.1 Å². The molecule has 0 aromatic carbocycles. The second-order valence-corrected chi connectivity index (χ2v) is 5.79. The van der Waals surface area contributed by atoms with Crippen molar-refractivity contribution >= 4 is 0 Å². The van der Waals surface area contributed by atoms with E-state index in [1.54, 1.807) is 0 Å². The molecule has 2 fully saturated rings. The molecule has 2 bridgehead atoms. The van der Waals surface area contributed by atoms with Crippen molar-refractivity contribution in [2.75, 3.05) is 7.11 Å². The first-order valence-electron chi connectivity index (χ1n) is 5.83. The minimum Gasteiger partial charge on any atom is -0.381 e. The molecule has 2 heterocycles. The molecule has 0 saturated carbocycles. The summed E-state index contributed by atoms with van der Waals surface area (Å²) in [4.78, 5) is 2.72. The molecule has 2 saturated heterocycles. The maximum Gasteiger partial charge on any atom is 0.0601 e. The summed E-state index contributed by atoms with van der Waals surface area (Å²) in [5.74, 6) is 0. The number of piperidine rings is 1. The van der Waals surface area contributed by atoms with Crippen molar-refractivity contribution in [3.8, 4) is 0 Å². The summed E-state index contributed by atoms with van der Waals surface area (Å²) in [6.07, 6.45) is 5.75. The van der Waals surface area contributed by atoms with Crippen molar-refractivity contribution in [3.63, 3.8) is 0 Å². The molecule has 2 aliphatic heterocycles. The summed E-state index contributed by atoms with van der Waals surface area (Å²) < 4.78 is 5.51.